The van der Waals surface area contributed by atoms with E-state index < -0.39 is 0 Å². The fourth-order valence-corrected chi connectivity index (χ4v) is 3.07. The van der Waals surface area contributed by atoms with Crippen LogP contribution in [0.15, 0.2) is 36.4 Å². The molecule has 1 aromatic heterocycles. The van der Waals surface area contributed by atoms with Crippen LogP contribution in [-0.4, -0.2) is 6.54 Å². The van der Waals surface area contributed by atoms with Crippen molar-refractivity contribution in [2.75, 3.05) is 6.54 Å². The molecular weight excluding hydrogens is 238 g/mol. The monoisotopic (exact) mass is 259 g/mol. The third-order valence-electron chi connectivity index (χ3n) is 3.34. The topological polar surface area (TPSA) is 12.0 Å². The average molecular weight is 259 g/mol. The molecule has 2 heteroatoms. The van der Waals surface area contributed by atoms with Gasteiger partial charge in [0.15, 0.2) is 0 Å². The molecule has 1 unspecified atom stereocenters. The van der Waals surface area contributed by atoms with Gasteiger partial charge in [-0.3, -0.25) is 0 Å². The zero-order valence-corrected chi connectivity index (χ0v) is 12.2. The molecule has 2 aromatic rings. The number of hydrogen-bond acceptors (Lipinski definition) is 2. The van der Waals surface area contributed by atoms with Gasteiger partial charge in [0, 0.05) is 22.8 Å². The normalized spacial score (nSPS) is 12.6. The van der Waals surface area contributed by atoms with Crippen molar-refractivity contribution in [3.8, 4) is 0 Å². The Kier molecular flexibility index (Phi) is 4.56. The first-order valence-electron chi connectivity index (χ1n) is 6.48. The van der Waals surface area contributed by atoms with Crippen LogP contribution in [0.1, 0.15) is 33.7 Å². The molecule has 0 bridgehead atoms. The van der Waals surface area contributed by atoms with Crippen molar-refractivity contribution in [2.24, 2.45) is 0 Å². The van der Waals surface area contributed by atoms with Crippen molar-refractivity contribution in [3.05, 3.63) is 57.3 Å². The van der Waals surface area contributed by atoms with E-state index >= 15 is 0 Å². The molecule has 0 saturated carbocycles. The molecule has 1 N–H and O–H groups in total. The van der Waals surface area contributed by atoms with E-state index in [-0.39, 0.29) is 0 Å². The van der Waals surface area contributed by atoms with Crippen molar-refractivity contribution >= 4 is 11.3 Å². The minimum Gasteiger partial charge on any atom is -0.311 e. The van der Waals surface area contributed by atoms with Gasteiger partial charge in [-0.15, -0.1) is 11.3 Å². The molecule has 0 fully saturated rings. The molecule has 0 spiro atoms. The molecule has 0 aliphatic carbocycles. The van der Waals surface area contributed by atoms with Gasteiger partial charge >= 0.3 is 0 Å². The number of aryl methyl sites for hydroxylation is 2. The average Bonchev–Trinajstić information content (AvgIpc) is 2.69. The summed E-state index contributed by atoms with van der Waals surface area (Å²) in [7, 11) is 0. The Morgan fingerprint density at radius 1 is 1.17 bits per heavy atom. The lowest BCUT2D eigenvalue weighted by molar-refractivity contribution is 0.619. The van der Waals surface area contributed by atoms with E-state index in [4.69, 9.17) is 0 Å². The molecule has 0 saturated heterocycles. The van der Waals surface area contributed by atoms with Crippen LogP contribution in [0.4, 0.5) is 0 Å². The van der Waals surface area contributed by atoms with Crippen LogP contribution in [0.3, 0.4) is 0 Å². The highest BCUT2D eigenvalue weighted by Crippen LogP contribution is 2.20. The highest BCUT2D eigenvalue weighted by molar-refractivity contribution is 7.12. The zero-order valence-electron chi connectivity index (χ0n) is 11.4. The van der Waals surface area contributed by atoms with E-state index in [1.54, 1.807) is 0 Å². The SMILES string of the molecule is Cc1cc(CNCC(C)c2ccccc2)sc1C. The molecule has 0 amide bonds. The van der Waals surface area contributed by atoms with Gasteiger partial charge in [-0.05, 0) is 37.0 Å². The lowest BCUT2D eigenvalue weighted by Crippen LogP contribution is -2.19. The molecule has 96 valence electrons. The molecule has 0 radical (unpaired) electrons. The van der Waals surface area contributed by atoms with Crippen molar-refractivity contribution in [2.45, 2.75) is 33.2 Å². The van der Waals surface area contributed by atoms with Crippen LogP contribution in [0.25, 0.3) is 0 Å². The van der Waals surface area contributed by atoms with Crippen molar-refractivity contribution in [1.82, 2.24) is 5.32 Å². The van der Waals surface area contributed by atoms with Gasteiger partial charge in [0.1, 0.15) is 0 Å². The fourth-order valence-electron chi connectivity index (χ4n) is 2.05. The second-order valence-corrected chi connectivity index (χ2v) is 6.24. The van der Waals surface area contributed by atoms with Gasteiger partial charge in [0.25, 0.3) is 0 Å². The summed E-state index contributed by atoms with van der Waals surface area (Å²) in [5.41, 5.74) is 2.82. The van der Waals surface area contributed by atoms with E-state index in [0.717, 1.165) is 13.1 Å². The summed E-state index contributed by atoms with van der Waals surface area (Å²) in [6, 6.07) is 13.0. The Hall–Kier alpha value is -1.12. The van der Waals surface area contributed by atoms with Crippen molar-refractivity contribution in [1.29, 1.82) is 0 Å². The number of hydrogen-bond donors (Lipinski definition) is 1. The third-order valence-corrected chi connectivity index (χ3v) is 4.49. The summed E-state index contributed by atoms with van der Waals surface area (Å²) >= 11 is 1.90. The smallest absolute Gasteiger partial charge is 0.0300 e. The van der Waals surface area contributed by atoms with E-state index in [2.05, 4.69) is 62.5 Å². The minimum atomic E-state index is 0.563. The first-order chi connectivity index (χ1) is 8.66. The number of nitrogens with one attached hydrogen (secondary N) is 1. The van der Waals surface area contributed by atoms with Gasteiger partial charge in [-0.25, -0.2) is 0 Å². The molecule has 2 rings (SSSR count). The molecular formula is C16H21NS. The Morgan fingerprint density at radius 3 is 2.50 bits per heavy atom. The largest absolute Gasteiger partial charge is 0.311 e. The lowest BCUT2D eigenvalue weighted by atomic mass is 10.0. The Balaban J connectivity index is 1.82. The lowest BCUT2D eigenvalue weighted by Gasteiger charge is -2.12. The number of rotatable bonds is 5. The standard InChI is InChI=1S/C16H21NS/c1-12-9-16(18-14(12)3)11-17-10-13(2)15-7-5-4-6-8-15/h4-9,13,17H,10-11H2,1-3H3. The van der Waals surface area contributed by atoms with Crippen molar-refractivity contribution in [3.63, 3.8) is 0 Å². The summed E-state index contributed by atoms with van der Waals surface area (Å²) in [6.45, 7) is 8.65. The summed E-state index contributed by atoms with van der Waals surface area (Å²) in [5, 5.41) is 3.55. The summed E-state index contributed by atoms with van der Waals surface area (Å²) in [5.74, 6) is 0.563. The highest BCUT2D eigenvalue weighted by atomic mass is 32.1. The van der Waals surface area contributed by atoms with Gasteiger partial charge < -0.3 is 5.32 Å². The van der Waals surface area contributed by atoms with Crippen LogP contribution in [0.2, 0.25) is 0 Å². The third kappa shape index (κ3) is 3.44. The van der Waals surface area contributed by atoms with Gasteiger partial charge in [-0.1, -0.05) is 37.3 Å². The maximum Gasteiger partial charge on any atom is 0.0300 e. The molecule has 0 aliphatic heterocycles. The number of benzene rings is 1. The van der Waals surface area contributed by atoms with Crippen LogP contribution in [-0.2, 0) is 6.54 Å². The number of thiophene rings is 1. The Bertz CT molecular complexity index is 468. The fraction of sp³-hybridized carbons (Fsp3) is 0.375. The Morgan fingerprint density at radius 2 is 1.89 bits per heavy atom. The first kappa shape index (κ1) is 13.3. The highest BCUT2D eigenvalue weighted by Gasteiger charge is 2.05. The molecule has 0 aliphatic rings. The van der Waals surface area contributed by atoms with E-state index in [1.165, 1.54) is 20.9 Å². The van der Waals surface area contributed by atoms with Crippen LogP contribution >= 0.6 is 11.3 Å². The predicted molar refractivity (Wildman–Crippen MR) is 80.4 cm³/mol. The van der Waals surface area contributed by atoms with Gasteiger partial charge in [-0.2, -0.15) is 0 Å². The molecule has 1 atom stereocenters. The molecule has 1 heterocycles. The second-order valence-electron chi connectivity index (χ2n) is 4.89. The van der Waals surface area contributed by atoms with Crippen LogP contribution in [0.5, 0.6) is 0 Å². The van der Waals surface area contributed by atoms with Crippen LogP contribution < -0.4 is 5.32 Å². The van der Waals surface area contributed by atoms with E-state index in [0.29, 0.717) is 5.92 Å². The van der Waals surface area contributed by atoms with E-state index in [9.17, 15) is 0 Å². The van der Waals surface area contributed by atoms with Gasteiger partial charge in [0.2, 0.25) is 0 Å². The van der Waals surface area contributed by atoms with Crippen molar-refractivity contribution < 1.29 is 0 Å². The van der Waals surface area contributed by atoms with Gasteiger partial charge in [0.05, 0.1) is 0 Å². The summed E-state index contributed by atoms with van der Waals surface area (Å²) in [4.78, 5) is 2.87. The minimum absolute atomic E-state index is 0.563. The van der Waals surface area contributed by atoms with Crippen LogP contribution in [0, 0.1) is 13.8 Å². The maximum atomic E-state index is 3.55. The maximum absolute atomic E-state index is 3.55. The molecule has 1 aromatic carbocycles. The first-order valence-corrected chi connectivity index (χ1v) is 7.30. The second kappa shape index (κ2) is 6.17. The zero-order chi connectivity index (χ0) is 13.0. The Labute approximate surface area is 114 Å². The quantitative estimate of drug-likeness (QED) is 0.846. The summed E-state index contributed by atoms with van der Waals surface area (Å²) in [6.07, 6.45) is 0. The molecule has 18 heavy (non-hydrogen) atoms. The summed E-state index contributed by atoms with van der Waals surface area (Å²) < 4.78 is 0. The molecule has 1 nitrogen and oxygen atoms in total. The predicted octanol–water partition coefficient (Wildman–Crippen LogP) is 4.26. The van der Waals surface area contributed by atoms with E-state index in [1.807, 2.05) is 11.3 Å².